The molecule has 0 aromatic heterocycles. The first kappa shape index (κ1) is 14.9. The maximum atomic E-state index is 12.3. The van der Waals surface area contributed by atoms with Gasteiger partial charge in [-0.05, 0) is 19.8 Å². The number of hydrogen-bond acceptors (Lipinski definition) is 2. The Hall–Kier alpha value is -0.480. The fourth-order valence-corrected chi connectivity index (χ4v) is 3.40. The number of halogens is 2. The Balaban J connectivity index is 2.39. The lowest BCUT2D eigenvalue weighted by Crippen LogP contribution is -2.71. The van der Waals surface area contributed by atoms with E-state index in [0.29, 0.717) is 19.5 Å². The fourth-order valence-electron chi connectivity index (χ4n) is 3.16. The van der Waals surface area contributed by atoms with Crippen LogP contribution in [-0.2, 0) is 9.59 Å². The van der Waals surface area contributed by atoms with Crippen molar-refractivity contribution in [3.63, 3.8) is 0 Å². The van der Waals surface area contributed by atoms with Crippen molar-refractivity contribution in [2.75, 3.05) is 13.1 Å². The van der Waals surface area contributed by atoms with Gasteiger partial charge in [0, 0.05) is 24.9 Å². The maximum Gasteiger partial charge on any atom is 0.257 e. The van der Waals surface area contributed by atoms with Crippen molar-refractivity contribution < 1.29 is 9.59 Å². The summed E-state index contributed by atoms with van der Waals surface area (Å²) in [5.41, 5.74) is -0.727. The number of nitrogens with zero attached hydrogens (tertiary/aromatic N) is 2. The molecule has 0 aliphatic carbocycles. The average molecular weight is 307 g/mol. The van der Waals surface area contributed by atoms with Crippen molar-refractivity contribution >= 4 is 35.0 Å². The molecule has 2 aliphatic rings. The molecule has 108 valence electrons. The highest BCUT2D eigenvalue weighted by Gasteiger charge is 2.52. The zero-order valence-electron chi connectivity index (χ0n) is 11.6. The molecule has 2 rings (SSSR count). The minimum atomic E-state index is -1.08. The molecule has 0 saturated carbocycles. The van der Waals surface area contributed by atoms with Crippen LogP contribution in [-0.4, -0.2) is 45.2 Å². The number of amides is 2. The smallest absolute Gasteiger partial charge is 0.257 e. The van der Waals surface area contributed by atoms with Crippen LogP contribution in [0.5, 0.6) is 0 Å². The van der Waals surface area contributed by atoms with E-state index in [4.69, 9.17) is 23.2 Å². The molecule has 0 aromatic carbocycles. The number of carbonyl (C=O) groups is 2. The number of rotatable bonds is 1. The Morgan fingerprint density at radius 1 is 1.26 bits per heavy atom. The molecular formula is C13H20Cl2N2O2. The molecule has 1 atom stereocenters. The van der Waals surface area contributed by atoms with Crippen LogP contribution in [0.25, 0.3) is 0 Å². The summed E-state index contributed by atoms with van der Waals surface area (Å²) in [4.78, 5) is 26.9. The molecule has 0 radical (unpaired) electrons. The Morgan fingerprint density at radius 2 is 1.89 bits per heavy atom. The number of piperidine rings is 1. The second kappa shape index (κ2) is 4.81. The zero-order chi connectivity index (χ0) is 14.4. The first-order valence-corrected chi connectivity index (χ1v) is 7.45. The predicted molar refractivity (Wildman–Crippen MR) is 75.0 cm³/mol. The van der Waals surface area contributed by atoms with Crippen LogP contribution in [0.1, 0.15) is 40.0 Å². The van der Waals surface area contributed by atoms with E-state index in [1.165, 1.54) is 0 Å². The molecule has 19 heavy (non-hydrogen) atoms. The quantitative estimate of drug-likeness (QED) is 0.698. The summed E-state index contributed by atoms with van der Waals surface area (Å²) < 4.78 is 0. The second-order valence-corrected chi connectivity index (χ2v) is 7.54. The van der Waals surface area contributed by atoms with Crippen molar-refractivity contribution in [2.24, 2.45) is 5.41 Å². The second-order valence-electron chi connectivity index (χ2n) is 6.44. The molecule has 4 nitrogen and oxygen atoms in total. The van der Waals surface area contributed by atoms with E-state index in [0.717, 1.165) is 12.8 Å². The van der Waals surface area contributed by atoms with Crippen molar-refractivity contribution in [2.45, 2.75) is 50.5 Å². The molecule has 2 aliphatic heterocycles. The van der Waals surface area contributed by atoms with Gasteiger partial charge in [0.25, 0.3) is 5.91 Å². The summed E-state index contributed by atoms with van der Waals surface area (Å²) in [6, 6.07) is 0. The molecule has 6 heteroatoms. The van der Waals surface area contributed by atoms with Crippen molar-refractivity contribution in [1.82, 2.24) is 9.80 Å². The summed E-state index contributed by atoms with van der Waals surface area (Å²) in [5, 5.41) is 0. The maximum absolute atomic E-state index is 12.3. The topological polar surface area (TPSA) is 40.6 Å². The molecule has 2 heterocycles. The largest absolute Gasteiger partial charge is 0.319 e. The van der Waals surface area contributed by atoms with Gasteiger partial charge in [0.05, 0.1) is 0 Å². The normalized spacial score (nSPS) is 30.5. The van der Waals surface area contributed by atoms with Gasteiger partial charge in [0.2, 0.25) is 5.91 Å². The van der Waals surface area contributed by atoms with Gasteiger partial charge in [0.1, 0.15) is 5.66 Å². The third kappa shape index (κ3) is 2.57. The highest BCUT2D eigenvalue weighted by Crippen LogP contribution is 2.41. The van der Waals surface area contributed by atoms with Gasteiger partial charge in [-0.25, -0.2) is 0 Å². The predicted octanol–water partition coefficient (Wildman–Crippen LogP) is 2.39. The molecule has 0 aromatic rings. The van der Waals surface area contributed by atoms with E-state index < -0.39 is 10.5 Å². The number of hydrogen-bond donors (Lipinski definition) is 0. The SMILES string of the molecule is CC1(C)CN2C(=O)CCCC2(C)N(C(=O)C(Cl)Cl)C1. The minimum absolute atomic E-state index is 0.111. The van der Waals surface area contributed by atoms with Gasteiger partial charge in [-0.3, -0.25) is 9.59 Å². The Morgan fingerprint density at radius 3 is 2.47 bits per heavy atom. The summed E-state index contributed by atoms with van der Waals surface area (Å²) in [6.07, 6.45) is 2.13. The van der Waals surface area contributed by atoms with Gasteiger partial charge in [-0.1, -0.05) is 37.0 Å². The third-order valence-electron chi connectivity index (χ3n) is 4.13. The molecule has 0 spiro atoms. The Labute approximate surface area is 124 Å². The lowest BCUT2D eigenvalue weighted by molar-refractivity contribution is -0.180. The fraction of sp³-hybridized carbons (Fsp3) is 0.846. The molecular weight excluding hydrogens is 287 g/mol. The number of alkyl halides is 2. The summed E-state index contributed by atoms with van der Waals surface area (Å²) in [7, 11) is 0. The van der Waals surface area contributed by atoms with Crippen molar-refractivity contribution in [3.05, 3.63) is 0 Å². The molecule has 1 unspecified atom stereocenters. The van der Waals surface area contributed by atoms with Crippen LogP contribution in [0.3, 0.4) is 0 Å². The van der Waals surface area contributed by atoms with Crippen LogP contribution in [0.4, 0.5) is 0 Å². The average Bonchev–Trinajstić information content (AvgIpc) is 2.29. The summed E-state index contributed by atoms with van der Waals surface area (Å²) >= 11 is 11.5. The van der Waals surface area contributed by atoms with Crippen LogP contribution >= 0.6 is 23.2 Å². The molecule has 2 amide bonds. The van der Waals surface area contributed by atoms with Crippen LogP contribution in [0.2, 0.25) is 0 Å². The van der Waals surface area contributed by atoms with Crippen molar-refractivity contribution in [3.8, 4) is 0 Å². The minimum Gasteiger partial charge on any atom is -0.319 e. The highest BCUT2D eigenvalue weighted by atomic mass is 35.5. The molecule has 0 N–H and O–H groups in total. The summed E-state index contributed by atoms with van der Waals surface area (Å²) in [6.45, 7) is 7.27. The Kier molecular flexibility index (Phi) is 3.78. The first-order valence-electron chi connectivity index (χ1n) is 6.57. The van der Waals surface area contributed by atoms with E-state index in [1.807, 2.05) is 25.7 Å². The van der Waals surface area contributed by atoms with Gasteiger partial charge >= 0.3 is 0 Å². The van der Waals surface area contributed by atoms with E-state index in [9.17, 15) is 9.59 Å². The summed E-state index contributed by atoms with van der Waals surface area (Å²) in [5.74, 6) is -0.196. The van der Waals surface area contributed by atoms with Gasteiger partial charge in [-0.15, -0.1) is 0 Å². The molecule has 2 saturated heterocycles. The van der Waals surface area contributed by atoms with E-state index in [2.05, 4.69) is 0 Å². The first-order chi connectivity index (χ1) is 8.67. The van der Waals surface area contributed by atoms with Gasteiger partial charge < -0.3 is 9.80 Å². The third-order valence-corrected chi connectivity index (χ3v) is 4.50. The Bertz CT molecular complexity index is 411. The zero-order valence-corrected chi connectivity index (χ0v) is 13.1. The van der Waals surface area contributed by atoms with Crippen LogP contribution < -0.4 is 0 Å². The van der Waals surface area contributed by atoms with E-state index in [1.54, 1.807) is 4.90 Å². The van der Waals surface area contributed by atoms with E-state index >= 15 is 0 Å². The van der Waals surface area contributed by atoms with E-state index in [-0.39, 0.29) is 17.2 Å². The van der Waals surface area contributed by atoms with Crippen molar-refractivity contribution in [1.29, 1.82) is 0 Å². The lowest BCUT2D eigenvalue weighted by Gasteiger charge is -2.59. The van der Waals surface area contributed by atoms with Gasteiger partial charge in [-0.2, -0.15) is 0 Å². The lowest BCUT2D eigenvalue weighted by atomic mass is 9.81. The van der Waals surface area contributed by atoms with Crippen LogP contribution in [0.15, 0.2) is 0 Å². The van der Waals surface area contributed by atoms with Gasteiger partial charge in [0.15, 0.2) is 4.84 Å². The standard InChI is InChI=1S/C13H20Cl2N2O2/c1-12(2)7-16-9(18)5-4-6-13(16,3)17(8-12)11(19)10(14)15/h10H,4-8H2,1-3H3. The number of carbonyl (C=O) groups excluding carboxylic acids is 2. The molecule has 0 bridgehead atoms. The highest BCUT2D eigenvalue weighted by molar-refractivity contribution is 6.53. The number of fused-ring (bicyclic) bond motifs is 1. The molecule has 2 fully saturated rings. The van der Waals surface area contributed by atoms with Crippen LogP contribution in [0, 0.1) is 5.41 Å². The monoisotopic (exact) mass is 306 g/mol.